The molecular formula is C51H56Cl4F6N6O15S2. The van der Waals surface area contributed by atoms with Crippen LogP contribution in [0.1, 0.15) is 45.2 Å². The third-order valence-corrected chi connectivity index (χ3v) is 16.7. The molecule has 21 nitrogen and oxygen atoms in total. The molecule has 84 heavy (non-hydrogen) atoms. The number of aliphatic hydroxyl groups is 1. The van der Waals surface area contributed by atoms with Gasteiger partial charge in [0.2, 0.25) is 26.2 Å². The van der Waals surface area contributed by atoms with E-state index in [1.807, 2.05) is 26.2 Å². The number of hydrogen-bond acceptors (Lipinski definition) is 17. The summed E-state index contributed by atoms with van der Waals surface area (Å²) in [6.45, 7) is -3.51. The lowest BCUT2D eigenvalue weighted by Gasteiger charge is -2.33. The molecule has 2 unspecified atom stereocenters. The van der Waals surface area contributed by atoms with Crippen molar-refractivity contribution in [2.75, 3.05) is 106 Å². The summed E-state index contributed by atoms with van der Waals surface area (Å²) in [4.78, 5) is 61.7. The number of hydrogen-bond donors (Lipinski definition) is 3. The van der Waals surface area contributed by atoms with Crippen LogP contribution in [-0.4, -0.2) is 190 Å². The van der Waals surface area contributed by atoms with Gasteiger partial charge in [0, 0.05) is 71.2 Å². The van der Waals surface area contributed by atoms with Crippen molar-refractivity contribution >= 4 is 90.2 Å². The fraction of sp³-hybridized carbons (Fsp3) is 0.451. The molecule has 0 bridgehead atoms. The minimum atomic E-state index is -5.75. The Morgan fingerprint density at radius 1 is 0.571 bits per heavy atom. The molecule has 3 N–H and O–H groups in total. The number of benzene rings is 4. The third kappa shape index (κ3) is 19.0. The Bertz CT molecular complexity index is 2990. The van der Waals surface area contributed by atoms with Gasteiger partial charge < -0.3 is 43.5 Å². The van der Waals surface area contributed by atoms with Crippen LogP contribution >= 0.6 is 46.4 Å². The zero-order chi connectivity index (χ0) is 61.7. The SMILES string of the molecule is CN1Cc2c(Cl)cc(Cl)cc2C(c2ccc(S(=O)(=O)NCCOCCOCCN(OC(=O)C(F)(F)F)C(=O)C(O)C(=O)N(CCOCCOCCNS(=O)(=O)c3ccc(C4CN(C)Cc5c(Cl)cc(Cl)cc54)cc3)OC(=O)C(F)(F)F)cc2)C1. The molecule has 0 aliphatic carbocycles. The summed E-state index contributed by atoms with van der Waals surface area (Å²) in [6.07, 6.45) is -14.8. The molecule has 0 spiro atoms. The molecule has 2 atom stereocenters. The fourth-order valence-electron chi connectivity index (χ4n) is 8.71. The van der Waals surface area contributed by atoms with E-state index < -0.39 is 98.7 Å². The first-order chi connectivity index (χ1) is 39.5. The summed E-state index contributed by atoms with van der Waals surface area (Å²) in [5.74, 6) is -10.6. The van der Waals surface area contributed by atoms with Gasteiger partial charge in [-0.2, -0.15) is 36.5 Å². The quantitative estimate of drug-likeness (QED) is 0.0289. The molecule has 2 aliphatic heterocycles. The highest BCUT2D eigenvalue weighted by Gasteiger charge is 2.47. The van der Waals surface area contributed by atoms with Crippen LogP contribution < -0.4 is 9.44 Å². The van der Waals surface area contributed by atoms with Crippen molar-refractivity contribution < 1.29 is 96.1 Å². The Morgan fingerprint density at radius 2 is 0.905 bits per heavy atom. The number of ether oxygens (including phenoxy) is 4. The van der Waals surface area contributed by atoms with Crippen LogP contribution in [0, 0.1) is 0 Å². The number of rotatable bonds is 26. The van der Waals surface area contributed by atoms with Crippen molar-refractivity contribution in [3.63, 3.8) is 0 Å². The summed E-state index contributed by atoms with van der Waals surface area (Å²) in [6, 6.07) is 19.5. The lowest BCUT2D eigenvalue weighted by molar-refractivity contribution is -0.246. The first kappa shape index (κ1) is 68.2. The number of aliphatic hydroxyl groups excluding tert-OH is 1. The lowest BCUT2D eigenvalue weighted by atomic mass is 9.85. The molecule has 2 heterocycles. The molecule has 2 aliphatic rings. The van der Waals surface area contributed by atoms with Gasteiger partial charge in [-0.15, -0.1) is 0 Å². The number of halogens is 10. The van der Waals surface area contributed by atoms with E-state index in [4.69, 9.17) is 65.4 Å². The lowest BCUT2D eigenvalue weighted by Crippen LogP contribution is -2.52. The first-order valence-electron chi connectivity index (χ1n) is 25.2. The molecule has 0 radical (unpaired) electrons. The third-order valence-electron chi connectivity index (χ3n) is 12.7. The van der Waals surface area contributed by atoms with E-state index >= 15 is 0 Å². The maximum atomic E-state index is 13.2. The molecule has 33 heteroatoms. The zero-order valence-corrected chi connectivity index (χ0v) is 49.2. The highest BCUT2D eigenvalue weighted by Crippen LogP contribution is 2.40. The van der Waals surface area contributed by atoms with Crippen molar-refractivity contribution in [1.29, 1.82) is 0 Å². The van der Waals surface area contributed by atoms with Crippen molar-refractivity contribution in [3.8, 4) is 0 Å². The van der Waals surface area contributed by atoms with Crippen molar-refractivity contribution in [2.45, 2.75) is 53.2 Å². The number of carbonyl (C=O) groups is 4. The van der Waals surface area contributed by atoms with Crippen LogP contribution in [0.4, 0.5) is 26.3 Å². The molecule has 0 saturated carbocycles. The summed E-state index contributed by atoms with van der Waals surface area (Å²) in [7, 11) is -4.18. The molecule has 4 aromatic rings. The van der Waals surface area contributed by atoms with Gasteiger partial charge in [0.1, 0.15) is 0 Å². The van der Waals surface area contributed by atoms with E-state index in [-0.39, 0.29) is 74.4 Å². The van der Waals surface area contributed by atoms with Crippen LogP contribution in [-0.2, 0) is 80.9 Å². The van der Waals surface area contributed by atoms with E-state index in [0.717, 1.165) is 33.4 Å². The Morgan fingerprint density at radius 3 is 1.24 bits per heavy atom. The monoisotopic (exact) mass is 1310 g/mol. The van der Waals surface area contributed by atoms with Crippen molar-refractivity contribution in [1.82, 2.24) is 29.4 Å². The van der Waals surface area contributed by atoms with E-state index in [1.165, 1.54) is 24.3 Å². The highest BCUT2D eigenvalue weighted by molar-refractivity contribution is 7.89. The van der Waals surface area contributed by atoms with Crippen molar-refractivity contribution in [2.24, 2.45) is 0 Å². The van der Waals surface area contributed by atoms with E-state index in [1.54, 1.807) is 36.4 Å². The zero-order valence-electron chi connectivity index (χ0n) is 44.5. The molecule has 2 amide bonds. The van der Waals surface area contributed by atoms with Gasteiger partial charge in [-0.3, -0.25) is 9.59 Å². The summed E-state index contributed by atoms with van der Waals surface area (Å²) < 4.78 is 157. The largest absolute Gasteiger partial charge is 0.493 e. The van der Waals surface area contributed by atoms with E-state index in [2.05, 4.69) is 28.9 Å². The predicted octanol–water partition coefficient (Wildman–Crippen LogP) is 5.84. The van der Waals surface area contributed by atoms with E-state index in [9.17, 15) is 67.5 Å². The molecular weight excluding hydrogens is 1260 g/mol. The molecule has 0 aromatic heterocycles. The minimum absolute atomic E-state index is 0.0455. The number of carbonyl (C=O) groups excluding carboxylic acids is 4. The van der Waals surface area contributed by atoms with Crippen LogP contribution in [0.3, 0.4) is 0 Å². The first-order valence-corrected chi connectivity index (χ1v) is 29.7. The smallest absolute Gasteiger partial charge is 0.378 e. The number of nitrogens with zero attached hydrogens (tertiary/aromatic N) is 4. The number of likely N-dealkylation sites (N-methyl/N-ethyl adjacent to an activating group) is 2. The average molecular weight is 1310 g/mol. The number of alkyl halides is 6. The number of nitrogens with one attached hydrogen (secondary N) is 2. The molecule has 462 valence electrons. The number of sulfonamides is 2. The Labute approximate surface area is 498 Å². The van der Waals surface area contributed by atoms with Crippen LogP contribution in [0.5, 0.6) is 0 Å². The normalized spacial score (nSPS) is 16.3. The molecule has 6 rings (SSSR count). The molecule has 0 fully saturated rings. The molecule has 0 saturated heterocycles. The van der Waals surface area contributed by atoms with Gasteiger partial charge in [0.15, 0.2) is 0 Å². The van der Waals surface area contributed by atoms with Gasteiger partial charge in [-0.25, -0.2) is 35.9 Å². The van der Waals surface area contributed by atoms with Crippen molar-refractivity contribution in [3.05, 3.63) is 126 Å². The van der Waals surface area contributed by atoms with Gasteiger partial charge in [0.05, 0.1) is 75.7 Å². The standard InChI is InChI=1S/C51H56Cl4F6N6O15S2/c1-64-27-39(37-23-33(52)25-43(54)41(37)29-64)31-3-7-35(8-4-31)83(73,74)62-11-15-77-19-21-79-17-13-66(81-48(71)50(56,57)58)46(69)45(68)47(70)67(82-49(72)51(59,60)61)14-18-80-22-20-78-16-12-63-84(75,76)36-9-5-32(6-10-36)40-28-65(2)30-42-38(40)24-34(53)26-44(42)55/h3-10,23-26,39-40,45,62-63,68H,11-22,27-30H2,1-2H3. The van der Waals surface area contributed by atoms with Crippen LogP contribution in [0.15, 0.2) is 82.6 Å². The Hall–Kier alpha value is -4.96. The summed E-state index contributed by atoms with van der Waals surface area (Å²) in [5, 5.41) is 11.6. The number of hydroxylamine groups is 4. The topological polar surface area (TPSA) is 249 Å². The minimum Gasteiger partial charge on any atom is -0.378 e. The highest BCUT2D eigenvalue weighted by atomic mass is 35.5. The second-order valence-electron chi connectivity index (χ2n) is 18.8. The van der Waals surface area contributed by atoms with Crippen LogP contribution in [0.2, 0.25) is 20.1 Å². The average Bonchev–Trinajstić information content (AvgIpc) is 2.97. The van der Waals surface area contributed by atoms with Gasteiger partial charge in [0.25, 0.3) is 11.8 Å². The maximum absolute atomic E-state index is 13.2. The number of fused-ring (bicyclic) bond motifs is 2. The second kappa shape index (κ2) is 30.1. The van der Waals surface area contributed by atoms with Crippen LogP contribution in [0.25, 0.3) is 0 Å². The summed E-state index contributed by atoms with van der Waals surface area (Å²) in [5.41, 5.74) is 5.34. The predicted molar refractivity (Wildman–Crippen MR) is 290 cm³/mol. The van der Waals surface area contributed by atoms with E-state index in [0.29, 0.717) is 46.3 Å². The summed E-state index contributed by atoms with van der Waals surface area (Å²) >= 11 is 25.5. The fourth-order valence-corrected chi connectivity index (χ4v) is 11.9. The Balaban J connectivity index is 0.917. The second-order valence-corrected chi connectivity index (χ2v) is 24.0. The molecule has 4 aromatic carbocycles. The van der Waals surface area contributed by atoms with Gasteiger partial charge >= 0.3 is 24.3 Å². The number of amides is 2. The van der Waals surface area contributed by atoms with Gasteiger partial charge in [-0.05, 0) is 96.0 Å². The maximum Gasteiger partial charge on any atom is 0.493 e. The van der Waals surface area contributed by atoms with Gasteiger partial charge in [-0.1, -0.05) is 70.7 Å². The Kier molecular flexibility index (Phi) is 24.4.